The van der Waals surface area contributed by atoms with Gasteiger partial charge < -0.3 is 14.4 Å². The number of likely N-dealkylation sites (tertiary alicyclic amines) is 2. The SMILES string of the molecule is Cc1oc(-c2ccc(Cl)cc2)nc1CN1CCC(C(O)NCC2CC2N2CCCCCC2)CC1. The fourth-order valence-corrected chi connectivity index (χ4v) is 5.82. The Kier molecular flexibility index (Phi) is 7.91. The van der Waals surface area contributed by atoms with Crippen LogP contribution in [0.2, 0.25) is 5.02 Å². The molecule has 6 nitrogen and oxygen atoms in total. The first kappa shape index (κ1) is 24.3. The molecule has 2 aliphatic heterocycles. The summed E-state index contributed by atoms with van der Waals surface area (Å²) in [5.74, 6) is 2.57. The third-order valence-corrected chi connectivity index (χ3v) is 8.27. The first-order valence-electron chi connectivity index (χ1n) is 13.2. The molecule has 1 aliphatic carbocycles. The lowest BCUT2D eigenvalue weighted by atomic mass is 9.94. The number of aliphatic hydroxyl groups excluding tert-OH is 1. The highest BCUT2D eigenvalue weighted by Gasteiger charge is 2.41. The van der Waals surface area contributed by atoms with Crippen molar-refractivity contribution in [2.75, 3.05) is 32.7 Å². The Morgan fingerprint density at radius 2 is 1.79 bits per heavy atom. The fraction of sp³-hybridized carbons (Fsp3) is 0.667. The molecule has 3 aliphatic rings. The smallest absolute Gasteiger partial charge is 0.226 e. The number of aromatic nitrogens is 1. The Balaban J connectivity index is 1.05. The van der Waals surface area contributed by atoms with Crippen molar-refractivity contribution in [3.05, 3.63) is 40.7 Å². The molecule has 0 amide bonds. The third-order valence-electron chi connectivity index (χ3n) is 8.02. The number of nitrogens with zero attached hydrogens (tertiary/aromatic N) is 3. The minimum Gasteiger partial charge on any atom is -0.441 e. The van der Waals surface area contributed by atoms with Crippen LogP contribution in [0.25, 0.3) is 11.5 Å². The van der Waals surface area contributed by atoms with E-state index in [2.05, 4.69) is 15.1 Å². The lowest BCUT2D eigenvalue weighted by Crippen LogP contribution is -2.44. The molecule has 7 heteroatoms. The highest BCUT2D eigenvalue weighted by molar-refractivity contribution is 6.30. The molecule has 2 N–H and O–H groups in total. The number of hydrogen-bond acceptors (Lipinski definition) is 6. The van der Waals surface area contributed by atoms with Crippen LogP contribution in [0, 0.1) is 18.8 Å². The average Bonchev–Trinajstić information content (AvgIpc) is 3.59. The normalized spacial score (nSPS) is 25.9. The summed E-state index contributed by atoms with van der Waals surface area (Å²) in [6, 6.07) is 8.35. The van der Waals surface area contributed by atoms with Crippen LogP contribution in [0.15, 0.2) is 28.7 Å². The number of nitrogens with one attached hydrogen (secondary N) is 1. The molecular formula is C27H39ClN4O2. The van der Waals surface area contributed by atoms with E-state index in [1.807, 2.05) is 31.2 Å². The molecule has 3 heterocycles. The van der Waals surface area contributed by atoms with Crippen molar-refractivity contribution in [3.63, 3.8) is 0 Å². The van der Waals surface area contributed by atoms with Crippen molar-refractivity contribution in [1.29, 1.82) is 0 Å². The van der Waals surface area contributed by atoms with Gasteiger partial charge in [-0.25, -0.2) is 4.98 Å². The Hall–Kier alpha value is -1.44. The van der Waals surface area contributed by atoms with Gasteiger partial charge in [-0.05, 0) is 95.4 Å². The van der Waals surface area contributed by atoms with Crippen molar-refractivity contribution in [2.45, 2.75) is 70.7 Å². The summed E-state index contributed by atoms with van der Waals surface area (Å²) >= 11 is 6.00. The Bertz CT molecular complexity index is 917. The molecule has 1 saturated carbocycles. The van der Waals surface area contributed by atoms with E-state index >= 15 is 0 Å². The molecule has 2 aromatic rings. The molecule has 5 rings (SSSR count). The van der Waals surface area contributed by atoms with Crippen LogP contribution in [0.4, 0.5) is 0 Å². The standard InChI is InChI=1S/C27H39ClN4O2/c1-19-24(30-27(34-19)21-6-8-23(28)9-7-21)18-31-14-10-20(11-15-31)26(33)29-17-22-16-25(22)32-12-4-2-3-5-13-32/h6-9,20,22,25-26,29,33H,2-5,10-18H2,1H3. The minimum atomic E-state index is -0.391. The predicted molar refractivity (Wildman–Crippen MR) is 136 cm³/mol. The first-order valence-corrected chi connectivity index (χ1v) is 13.5. The zero-order valence-corrected chi connectivity index (χ0v) is 21.1. The van der Waals surface area contributed by atoms with Crippen molar-refractivity contribution in [2.24, 2.45) is 11.8 Å². The highest BCUT2D eigenvalue weighted by atomic mass is 35.5. The Morgan fingerprint density at radius 3 is 2.50 bits per heavy atom. The van der Waals surface area contributed by atoms with Gasteiger partial charge in [-0.3, -0.25) is 10.2 Å². The number of aryl methyl sites for hydroxylation is 1. The first-order chi connectivity index (χ1) is 16.6. The van der Waals surface area contributed by atoms with Crippen molar-refractivity contribution >= 4 is 11.6 Å². The summed E-state index contributed by atoms with van der Waals surface area (Å²) in [5.41, 5.74) is 1.94. The number of oxazole rings is 1. The van der Waals surface area contributed by atoms with E-state index in [-0.39, 0.29) is 0 Å². The lowest BCUT2D eigenvalue weighted by molar-refractivity contribution is 0.0327. The Morgan fingerprint density at radius 1 is 1.09 bits per heavy atom. The molecule has 34 heavy (non-hydrogen) atoms. The monoisotopic (exact) mass is 486 g/mol. The van der Waals surface area contributed by atoms with Crippen LogP contribution >= 0.6 is 11.6 Å². The third kappa shape index (κ3) is 6.03. The van der Waals surface area contributed by atoms with E-state index in [0.717, 1.165) is 68.0 Å². The summed E-state index contributed by atoms with van der Waals surface area (Å²) in [4.78, 5) is 9.88. The van der Waals surface area contributed by atoms with E-state index < -0.39 is 6.23 Å². The van der Waals surface area contributed by atoms with E-state index in [4.69, 9.17) is 21.0 Å². The zero-order valence-electron chi connectivity index (χ0n) is 20.4. The number of rotatable bonds is 8. The van der Waals surface area contributed by atoms with Crippen LogP contribution in [-0.4, -0.2) is 64.9 Å². The van der Waals surface area contributed by atoms with Crippen LogP contribution in [0.3, 0.4) is 0 Å². The summed E-state index contributed by atoms with van der Waals surface area (Å²) < 4.78 is 5.93. The van der Waals surface area contributed by atoms with Gasteiger partial charge in [0.25, 0.3) is 0 Å². The second kappa shape index (κ2) is 11.1. The van der Waals surface area contributed by atoms with E-state index in [1.165, 1.54) is 45.2 Å². The number of piperidine rings is 1. The topological polar surface area (TPSA) is 64.8 Å². The maximum atomic E-state index is 10.8. The van der Waals surface area contributed by atoms with Crippen molar-refractivity contribution in [1.82, 2.24) is 20.1 Å². The molecular weight excluding hydrogens is 448 g/mol. The van der Waals surface area contributed by atoms with Gasteiger partial charge in [0.2, 0.25) is 5.89 Å². The van der Waals surface area contributed by atoms with Crippen LogP contribution < -0.4 is 5.32 Å². The molecule has 0 bridgehead atoms. The molecule has 0 spiro atoms. The van der Waals surface area contributed by atoms with Gasteiger partial charge in [0.15, 0.2) is 0 Å². The lowest BCUT2D eigenvalue weighted by Gasteiger charge is -2.34. The summed E-state index contributed by atoms with van der Waals surface area (Å²) in [6.45, 7) is 8.23. The summed E-state index contributed by atoms with van der Waals surface area (Å²) in [5, 5.41) is 15.0. The van der Waals surface area contributed by atoms with Gasteiger partial charge in [0.1, 0.15) is 12.0 Å². The van der Waals surface area contributed by atoms with E-state index in [9.17, 15) is 5.11 Å². The van der Waals surface area contributed by atoms with E-state index in [0.29, 0.717) is 16.8 Å². The fourth-order valence-electron chi connectivity index (χ4n) is 5.69. The second-order valence-electron chi connectivity index (χ2n) is 10.5. The van der Waals surface area contributed by atoms with Gasteiger partial charge in [-0.15, -0.1) is 0 Å². The molecule has 1 aromatic heterocycles. The van der Waals surface area contributed by atoms with Gasteiger partial charge in [-0.1, -0.05) is 24.4 Å². The summed E-state index contributed by atoms with van der Waals surface area (Å²) in [7, 11) is 0. The number of hydrogen-bond donors (Lipinski definition) is 2. The van der Waals surface area contributed by atoms with Crippen molar-refractivity contribution in [3.8, 4) is 11.5 Å². The van der Waals surface area contributed by atoms with Crippen LogP contribution in [0.1, 0.15) is 56.4 Å². The maximum Gasteiger partial charge on any atom is 0.226 e. The zero-order chi connectivity index (χ0) is 23.5. The molecule has 186 valence electrons. The maximum absolute atomic E-state index is 10.8. The van der Waals surface area contributed by atoms with Crippen molar-refractivity contribution < 1.29 is 9.52 Å². The minimum absolute atomic E-state index is 0.328. The summed E-state index contributed by atoms with van der Waals surface area (Å²) in [6.07, 6.45) is 8.42. The predicted octanol–water partition coefficient (Wildman–Crippen LogP) is 4.69. The van der Waals surface area contributed by atoms with Gasteiger partial charge in [0, 0.05) is 35.6 Å². The quantitative estimate of drug-likeness (QED) is 0.528. The average molecular weight is 487 g/mol. The van der Waals surface area contributed by atoms with Crippen LogP contribution in [-0.2, 0) is 6.54 Å². The van der Waals surface area contributed by atoms with Gasteiger partial charge >= 0.3 is 0 Å². The Labute approximate surface area is 208 Å². The van der Waals surface area contributed by atoms with E-state index in [1.54, 1.807) is 0 Å². The molecule has 3 fully saturated rings. The number of aliphatic hydroxyl groups is 1. The highest BCUT2D eigenvalue weighted by Crippen LogP contribution is 2.36. The molecule has 2 saturated heterocycles. The number of benzene rings is 1. The van der Waals surface area contributed by atoms with Gasteiger partial charge in [0.05, 0.1) is 5.69 Å². The molecule has 3 unspecified atom stereocenters. The molecule has 0 radical (unpaired) electrons. The molecule has 3 atom stereocenters. The number of halogens is 1. The largest absolute Gasteiger partial charge is 0.441 e. The second-order valence-corrected chi connectivity index (χ2v) is 10.9. The molecule has 1 aromatic carbocycles. The van der Waals surface area contributed by atoms with Crippen LogP contribution in [0.5, 0.6) is 0 Å². The van der Waals surface area contributed by atoms with Gasteiger partial charge in [-0.2, -0.15) is 0 Å².